The van der Waals surface area contributed by atoms with E-state index in [1.54, 1.807) is 12.1 Å². The van der Waals surface area contributed by atoms with Crippen molar-refractivity contribution in [3.8, 4) is 28.0 Å². The summed E-state index contributed by atoms with van der Waals surface area (Å²) in [6.07, 6.45) is 0. The molecule has 0 heterocycles. The van der Waals surface area contributed by atoms with E-state index in [2.05, 4.69) is 0 Å². The van der Waals surface area contributed by atoms with E-state index in [1.165, 1.54) is 6.07 Å². The number of benzene rings is 3. The molecule has 0 unspecified atom stereocenters. The van der Waals surface area contributed by atoms with Gasteiger partial charge in [0.2, 0.25) is 0 Å². The maximum atomic E-state index is 11.2. The molecule has 0 aliphatic heterocycles. The maximum absolute atomic E-state index is 11.2. The normalized spacial score (nSPS) is 11.2. The SMILES string of the molecule is O=S(=O)(O)Oc1c(Cl)cccc1-c1ccccc1-c1ccccc1. The molecule has 0 spiro atoms. The van der Waals surface area contributed by atoms with E-state index < -0.39 is 10.4 Å². The summed E-state index contributed by atoms with van der Waals surface area (Å²) in [5.74, 6) is -0.106. The largest absolute Gasteiger partial charge is 0.446 e. The Balaban J connectivity index is 2.23. The van der Waals surface area contributed by atoms with Crippen LogP contribution in [-0.2, 0) is 10.4 Å². The topological polar surface area (TPSA) is 63.6 Å². The highest BCUT2D eigenvalue weighted by Crippen LogP contribution is 2.41. The molecular weight excluding hydrogens is 348 g/mol. The van der Waals surface area contributed by atoms with Crippen molar-refractivity contribution in [1.82, 2.24) is 0 Å². The lowest BCUT2D eigenvalue weighted by atomic mass is 9.94. The van der Waals surface area contributed by atoms with Crippen LogP contribution in [0.3, 0.4) is 0 Å². The number of para-hydroxylation sites is 1. The molecule has 0 aliphatic rings. The molecule has 0 saturated heterocycles. The molecule has 3 rings (SSSR count). The lowest BCUT2D eigenvalue weighted by Crippen LogP contribution is -2.08. The average Bonchev–Trinajstić information content (AvgIpc) is 2.56. The summed E-state index contributed by atoms with van der Waals surface area (Å²) in [5.41, 5.74) is 3.07. The zero-order chi connectivity index (χ0) is 17.2. The molecule has 0 aromatic heterocycles. The lowest BCUT2D eigenvalue weighted by Gasteiger charge is -2.14. The van der Waals surface area contributed by atoms with E-state index >= 15 is 0 Å². The number of halogens is 1. The van der Waals surface area contributed by atoms with Gasteiger partial charge in [0.05, 0.1) is 5.02 Å². The molecule has 0 saturated carbocycles. The molecule has 122 valence electrons. The number of rotatable bonds is 4. The van der Waals surface area contributed by atoms with Crippen LogP contribution in [0.1, 0.15) is 0 Å². The zero-order valence-corrected chi connectivity index (χ0v) is 14.0. The molecule has 3 aromatic carbocycles. The van der Waals surface area contributed by atoms with E-state index in [0.29, 0.717) is 5.56 Å². The summed E-state index contributed by atoms with van der Waals surface area (Å²) in [6.45, 7) is 0. The van der Waals surface area contributed by atoms with Gasteiger partial charge in [-0.15, -0.1) is 0 Å². The minimum absolute atomic E-state index is 0.0907. The van der Waals surface area contributed by atoms with E-state index in [-0.39, 0.29) is 10.8 Å². The average molecular weight is 361 g/mol. The third kappa shape index (κ3) is 3.59. The van der Waals surface area contributed by atoms with Gasteiger partial charge in [-0.1, -0.05) is 78.3 Å². The van der Waals surface area contributed by atoms with Crippen molar-refractivity contribution in [2.45, 2.75) is 0 Å². The Morgan fingerprint density at radius 2 is 1.33 bits per heavy atom. The number of hydrogen-bond donors (Lipinski definition) is 1. The lowest BCUT2D eigenvalue weighted by molar-refractivity contribution is 0.387. The van der Waals surface area contributed by atoms with E-state index in [1.807, 2.05) is 54.6 Å². The maximum Gasteiger partial charge on any atom is 0.446 e. The minimum atomic E-state index is -4.69. The van der Waals surface area contributed by atoms with Gasteiger partial charge in [0.25, 0.3) is 0 Å². The Morgan fingerprint density at radius 1 is 0.750 bits per heavy atom. The standard InChI is InChI=1S/C18H13ClO4S/c19-17-12-6-11-16(18(17)23-24(20,21)22)15-10-5-4-9-14(15)13-7-2-1-3-8-13/h1-12H,(H,20,21,22). The van der Waals surface area contributed by atoms with Gasteiger partial charge in [0, 0.05) is 5.56 Å². The molecule has 0 aliphatic carbocycles. The van der Waals surface area contributed by atoms with Crippen LogP contribution in [-0.4, -0.2) is 13.0 Å². The first-order valence-electron chi connectivity index (χ1n) is 7.06. The smallest absolute Gasteiger partial charge is 0.360 e. The van der Waals surface area contributed by atoms with E-state index in [9.17, 15) is 8.42 Å². The van der Waals surface area contributed by atoms with Gasteiger partial charge in [-0.05, 0) is 22.8 Å². The molecule has 0 atom stereocenters. The molecule has 4 nitrogen and oxygen atoms in total. The van der Waals surface area contributed by atoms with Crippen molar-refractivity contribution in [3.63, 3.8) is 0 Å². The summed E-state index contributed by atoms with van der Waals surface area (Å²) >= 11 is 6.08. The van der Waals surface area contributed by atoms with Gasteiger partial charge in [-0.2, -0.15) is 8.42 Å². The third-order valence-electron chi connectivity index (χ3n) is 3.46. The summed E-state index contributed by atoms with van der Waals surface area (Å²) < 4.78 is 36.1. The van der Waals surface area contributed by atoms with Crippen LogP contribution in [0.15, 0.2) is 72.8 Å². The van der Waals surface area contributed by atoms with Crippen LogP contribution in [0.5, 0.6) is 5.75 Å². The molecule has 0 bridgehead atoms. The van der Waals surface area contributed by atoms with Crippen molar-refractivity contribution < 1.29 is 17.2 Å². The van der Waals surface area contributed by atoms with Crippen molar-refractivity contribution in [2.24, 2.45) is 0 Å². The molecule has 3 aromatic rings. The van der Waals surface area contributed by atoms with Crippen molar-refractivity contribution in [3.05, 3.63) is 77.8 Å². The van der Waals surface area contributed by atoms with E-state index in [0.717, 1.165) is 16.7 Å². The Hall–Kier alpha value is -2.34. The molecule has 0 radical (unpaired) electrons. The van der Waals surface area contributed by atoms with Gasteiger partial charge < -0.3 is 4.18 Å². The fraction of sp³-hybridized carbons (Fsp3) is 0. The first-order valence-corrected chi connectivity index (χ1v) is 8.80. The molecule has 0 amide bonds. The molecular formula is C18H13ClO4S. The Morgan fingerprint density at radius 3 is 2.00 bits per heavy atom. The summed E-state index contributed by atoms with van der Waals surface area (Å²) in [4.78, 5) is 0. The molecule has 1 N–H and O–H groups in total. The van der Waals surface area contributed by atoms with Crippen LogP contribution in [0.25, 0.3) is 22.3 Å². The quantitative estimate of drug-likeness (QED) is 0.675. The zero-order valence-electron chi connectivity index (χ0n) is 12.4. The van der Waals surface area contributed by atoms with Gasteiger partial charge >= 0.3 is 10.4 Å². The highest BCUT2D eigenvalue weighted by molar-refractivity contribution is 7.81. The van der Waals surface area contributed by atoms with Crippen LogP contribution in [0.4, 0.5) is 0 Å². The van der Waals surface area contributed by atoms with Crippen LogP contribution in [0.2, 0.25) is 5.02 Å². The van der Waals surface area contributed by atoms with Crippen LogP contribution < -0.4 is 4.18 Å². The van der Waals surface area contributed by atoms with Gasteiger partial charge in [0.15, 0.2) is 5.75 Å². The predicted octanol–water partition coefficient (Wildman–Crippen LogP) is 4.86. The second-order valence-electron chi connectivity index (χ2n) is 5.04. The van der Waals surface area contributed by atoms with Crippen molar-refractivity contribution >= 4 is 22.0 Å². The second-order valence-corrected chi connectivity index (χ2v) is 6.47. The van der Waals surface area contributed by atoms with Crippen molar-refractivity contribution in [2.75, 3.05) is 0 Å². The summed E-state index contributed by atoms with van der Waals surface area (Å²) in [5, 5.41) is 0.0907. The highest BCUT2D eigenvalue weighted by Gasteiger charge is 2.18. The Labute approximate surface area is 145 Å². The minimum Gasteiger partial charge on any atom is -0.360 e. The fourth-order valence-electron chi connectivity index (χ4n) is 2.50. The van der Waals surface area contributed by atoms with Gasteiger partial charge in [-0.25, -0.2) is 0 Å². The first kappa shape index (κ1) is 16.5. The van der Waals surface area contributed by atoms with Crippen molar-refractivity contribution in [1.29, 1.82) is 0 Å². The molecule has 24 heavy (non-hydrogen) atoms. The Bertz CT molecular complexity index is 969. The van der Waals surface area contributed by atoms with Crippen LogP contribution in [0, 0.1) is 0 Å². The monoisotopic (exact) mass is 360 g/mol. The fourth-order valence-corrected chi connectivity index (χ4v) is 3.15. The summed E-state index contributed by atoms with van der Waals surface area (Å²) in [7, 11) is -4.69. The molecule has 6 heteroatoms. The summed E-state index contributed by atoms with van der Waals surface area (Å²) in [6, 6.07) is 22.0. The van der Waals surface area contributed by atoms with Gasteiger partial charge in [-0.3, -0.25) is 4.55 Å². The van der Waals surface area contributed by atoms with Gasteiger partial charge in [0.1, 0.15) is 0 Å². The molecule has 0 fully saturated rings. The second kappa shape index (κ2) is 6.65. The van der Waals surface area contributed by atoms with Crippen LogP contribution >= 0.6 is 11.6 Å². The third-order valence-corrected chi connectivity index (χ3v) is 4.13. The predicted molar refractivity (Wildman–Crippen MR) is 94.5 cm³/mol. The highest BCUT2D eigenvalue weighted by atomic mass is 35.5. The van der Waals surface area contributed by atoms with E-state index in [4.69, 9.17) is 20.3 Å². The number of hydrogen-bond acceptors (Lipinski definition) is 3. The Kier molecular flexibility index (Phi) is 4.57. The first-order chi connectivity index (χ1) is 11.5.